The van der Waals surface area contributed by atoms with Crippen LogP contribution in [0.4, 0.5) is 5.69 Å². The average molecular weight is 744 g/mol. The van der Waals surface area contributed by atoms with E-state index in [-0.39, 0.29) is 13.2 Å². The molecule has 5 N–H and O–H groups in total. The number of nitrogens with zero attached hydrogens (tertiary/aromatic N) is 8. The Morgan fingerprint density at radius 3 is 1.80 bits per heavy atom. The number of aliphatic hydroxyl groups excluding tert-OH is 2. The summed E-state index contributed by atoms with van der Waals surface area (Å²) in [5.41, 5.74) is 10.2. The van der Waals surface area contributed by atoms with Crippen LogP contribution < -0.4 is 10.4 Å². The Bertz CT molecular complexity index is 1950. The molecule has 1 radical (unpaired) electrons. The maximum atomic E-state index is 8.95. The summed E-state index contributed by atoms with van der Waals surface area (Å²) in [5.74, 6) is 1.46. The second-order valence-electron chi connectivity index (χ2n) is 9.83. The molecule has 49 heavy (non-hydrogen) atoms. The second kappa shape index (κ2) is 19.1. The molecule has 6 rings (SSSR count). The minimum atomic E-state index is -0.0271. The molecule has 0 aliphatic carbocycles. The van der Waals surface area contributed by atoms with Gasteiger partial charge >= 0.3 is 7.69 Å². The third-order valence-corrected chi connectivity index (χ3v) is 7.90. The lowest BCUT2D eigenvalue weighted by Crippen LogP contribution is -2.05. The molecule has 0 atom stereocenters. The highest BCUT2D eigenvalue weighted by Gasteiger charge is 2.12. The molecular formula is C31H29BCl4N9O4. The Balaban J connectivity index is 0.000000179. The number of para-hydroxylation sites is 1. The van der Waals surface area contributed by atoms with Crippen LogP contribution in [0.1, 0.15) is 11.1 Å². The van der Waals surface area contributed by atoms with Crippen molar-refractivity contribution in [3.8, 4) is 28.5 Å². The molecule has 2 heterocycles. The summed E-state index contributed by atoms with van der Waals surface area (Å²) in [5, 5.41) is 51.8. The fourth-order valence-electron chi connectivity index (χ4n) is 4.14. The average Bonchev–Trinajstić information content (AvgIpc) is 3.76. The molecule has 4 aromatic carbocycles. The Hall–Kier alpha value is -4.28. The lowest BCUT2D eigenvalue weighted by molar-refractivity contribution is 0.259. The summed E-state index contributed by atoms with van der Waals surface area (Å²) in [6.45, 7) is 0.614. The van der Waals surface area contributed by atoms with Gasteiger partial charge in [0, 0.05) is 16.8 Å². The van der Waals surface area contributed by atoms with Crippen LogP contribution in [0.3, 0.4) is 0 Å². The molecule has 13 nitrogen and oxygen atoms in total. The van der Waals surface area contributed by atoms with Crippen LogP contribution in [0, 0.1) is 0 Å². The normalized spacial score (nSPS) is 10.4. The van der Waals surface area contributed by atoms with Crippen molar-refractivity contribution in [3.63, 3.8) is 0 Å². The van der Waals surface area contributed by atoms with Crippen molar-refractivity contribution in [2.24, 2.45) is 0 Å². The fraction of sp³-hybridized carbons (Fsp3) is 0.161. The van der Waals surface area contributed by atoms with E-state index >= 15 is 0 Å². The number of aliphatic hydroxyl groups is 2. The quantitative estimate of drug-likeness (QED) is 0.109. The zero-order valence-electron chi connectivity index (χ0n) is 25.6. The van der Waals surface area contributed by atoms with Gasteiger partial charge in [-0.1, -0.05) is 88.9 Å². The zero-order valence-corrected chi connectivity index (χ0v) is 28.6. The van der Waals surface area contributed by atoms with Crippen LogP contribution in [-0.2, 0) is 19.5 Å². The van der Waals surface area contributed by atoms with Crippen LogP contribution >= 0.6 is 46.4 Å². The van der Waals surface area contributed by atoms with Crippen molar-refractivity contribution in [2.75, 3.05) is 18.9 Å². The first kappa shape index (κ1) is 37.5. The highest BCUT2D eigenvalue weighted by molar-refractivity contribution is 6.42. The maximum Gasteiger partial charge on any atom is 0.569 e. The van der Waals surface area contributed by atoms with Crippen molar-refractivity contribution in [3.05, 3.63) is 116 Å². The number of nitrogens with two attached hydrogens (primary N) is 1. The molecule has 0 aliphatic heterocycles. The van der Waals surface area contributed by atoms with Gasteiger partial charge in [0.15, 0.2) is 0 Å². The molecule has 6 aromatic rings. The maximum absolute atomic E-state index is 8.95. The Morgan fingerprint density at radius 1 is 0.673 bits per heavy atom. The van der Waals surface area contributed by atoms with Crippen LogP contribution in [0.25, 0.3) is 22.8 Å². The fourth-order valence-corrected chi connectivity index (χ4v) is 4.75. The number of halogens is 4. The zero-order chi connectivity index (χ0) is 35.2. The van der Waals surface area contributed by atoms with E-state index in [0.29, 0.717) is 70.4 Å². The summed E-state index contributed by atoms with van der Waals surface area (Å²) in [7, 11) is 0.583. The van der Waals surface area contributed by atoms with Crippen molar-refractivity contribution in [1.29, 1.82) is 0 Å². The van der Waals surface area contributed by atoms with E-state index in [0.717, 1.165) is 22.3 Å². The van der Waals surface area contributed by atoms with Gasteiger partial charge in [0.1, 0.15) is 5.75 Å². The third-order valence-electron chi connectivity index (χ3n) is 6.42. The lowest BCUT2D eigenvalue weighted by Gasteiger charge is -2.07. The predicted molar refractivity (Wildman–Crippen MR) is 189 cm³/mol. The summed E-state index contributed by atoms with van der Waals surface area (Å²) >= 11 is 23.3. The van der Waals surface area contributed by atoms with Crippen LogP contribution in [0.15, 0.2) is 84.9 Å². The summed E-state index contributed by atoms with van der Waals surface area (Å²) < 4.78 is 4.63. The van der Waals surface area contributed by atoms with Crippen LogP contribution in [0.2, 0.25) is 20.1 Å². The SMILES string of the molecule is Nc1ccccc1-c1nnn(CCO)n1.OCCn1nnc(-c2ccccc2Cc2ccc(Cl)c(Cl)c2)n1.O[B]Oc1ccc(Cl)c(Cl)c1. The molecule has 2 aromatic heterocycles. The van der Waals surface area contributed by atoms with Gasteiger partial charge in [-0.15, -0.1) is 20.4 Å². The molecule has 0 saturated heterocycles. The Morgan fingerprint density at radius 2 is 1.22 bits per heavy atom. The van der Waals surface area contributed by atoms with E-state index in [1.165, 1.54) is 15.7 Å². The molecule has 0 fully saturated rings. The molecule has 0 saturated carbocycles. The first-order valence-electron chi connectivity index (χ1n) is 14.4. The largest absolute Gasteiger partial charge is 0.569 e. The monoisotopic (exact) mass is 742 g/mol. The predicted octanol–water partition coefficient (Wildman–Crippen LogP) is 5.04. The van der Waals surface area contributed by atoms with E-state index < -0.39 is 0 Å². The minimum Gasteiger partial charge on any atom is -0.537 e. The molecule has 0 amide bonds. The van der Waals surface area contributed by atoms with E-state index in [1.807, 2.05) is 54.6 Å². The van der Waals surface area contributed by atoms with Gasteiger partial charge in [0.2, 0.25) is 11.6 Å². The number of aromatic nitrogens is 8. The van der Waals surface area contributed by atoms with Gasteiger partial charge in [-0.3, -0.25) is 0 Å². The Kier molecular flexibility index (Phi) is 14.6. The van der Waals surface area contributed by atoms with Gasteiger partial charge in [0.05, 0.1) is 46.4 Å². The first-order chi connectivity index (χ1) is 23.7. The number of hydrogen-bond donors (Lipinski definition) is 4. The number of anilines is 1. The van der Waals surface area contributed by atoms with Gasteiger partial charge in [-0.25, -0.2) is 0 Å². The number of nitrogen functional groups attached to an aromatic ring is 1. The molecule has 0 unspecified atom stereocenters. The highest BCUT2D eigenvalue weighted by Crippen LogP contribution is 2.28. The number of tetrazole rings is 2. The number of rotatable bonds is 10. The van der Waals surface area contributed by atoms with Gasteiger partial charge in [-0.2, -0.15) is 9.59 Å². The van der Waals surface area contributed by atoms with Gasteiger partial charge in [0.25, 0.3) is 0 Å². The van der Waals surface area contributed by atoms with Gasteiger partial charge in [-0.05, 0) is 70.4 Å². The van der Waals surface area contributed by atoms with E-state index in [2.05, 4.69) is 35.5 Å². The number of benzene rings is 4. The van der Waals surface area contributed by atoms with Gasteiger partial charge < -0.3 is 25.6 Å². The van der Waals surface area contributed by atoms with Crippen molar-refractivity contribution >= 4 is 59.8 Å². The summed E-state index contributed by atoms with van der Waals surface area (Å²) in [6, 6.07) is 25.5. The Labute approximate surface area is 302 Å². The second-order valence-corrected chi connectivity index (χ2v) is 11.5. The number of hydrogen-bond acceptors (Lipinski definition) is 11. The molecular weight excluding hydrogens is 715 g/mol. The summed E-state index contributed by atoms with van der Waals surface area (Å²) in [4.78, 5) is 2.72. The van der Waals surface area contributed by atoms with E-state index in [1.54, 1.807) is 24.3 Å². The molecule has 0 bridgehead atoms. The van der Waals surface area contributed by atoms with E-state index in [4.69, 9.17) is 67.4 Å². The third kappa shape index (κ3) is 11.1. The molecule has 0 aliphatic rings. The molecule has 253 valence electrons. The van der Waals surface area contributed by atoms with Crippen LogP contribution in [0.5, 0.6) is 5.75 Å². The molecule has 18 heteroatoms. The minimum absolute atomic E-state index is 0.0138. The van der Waals surface area contributed by atoms with Crippen LogP contribution in [-0.4, -0.2) is 76.6 Å². The smallest absolute Gasteiger partial charge is 0.537 e. The topological polar surface area (TPSA) is 183 Å². The highest BCUT2D eigenvalue weighted by atomic mass is 35.5. The van der Waals surface area contributed by atoms with Crippen molar-refractivity contribution in [2.45, 2.75) is 19.5 Å². The summed E-state index contributed by atoms with van der Waals surface area (Å²) in [6.07, 6.45) is 0.682. The first-order valence-corrected chi connectivity index (χ1v) is 16.0. The standard InChI is InChI=1S/C16H14Cl2N4O.C9H11N5O.C6H4BCl2O2/c17-14-6-5-11(10-15(14)18)9-12-3-1-2-4-13(12)16-19-21-22(20-16)7-8-23;10-8-4-2-1-3-7(8)9-11-13-14(12-9)5-6-15;8-5-2-1-4(11-7-10)3-6(5)9/h1-6,10,23H,7-9H2;1-4,15H,5-6,10H2;1-3,10H. The van der Waals surface area contributed by atoms with E-state index in [9.17, 15) is 0 Å². The molecule has 0 spiro atoms. The lowest BCUT2D eigenvalue weighted by atomic mass is 9.99. The van der Waals surface area contributed by atoms with Crippen molar-refractivity contribution in [1.82, 2.24) is 40.4 Å². The van der Waals surface area contributed by atoms with Crippen molar-refractivity contribution < 1.29 is 19.9 Å².